The van der Waals surface area contributed by atoms with Crippen LogP contribution in [0.2, 0.25) is 0 Å². The Morgan fingerprint density at radius 3 is 1.57 bits per heavy atom. The molecule has 0 N–H and O–H groups in total. The molecule has 0 radical (unpaired) electrons. The van der Waals surface area contributed by atoms with E-state index in [4.69, 9.17) is 0 Å². The summed E-state index contributed by atoms with van der Waals surface area (Å²) in [6, 6.07) is 87.9. The summed E-state index contributed by atoms with van der Waals surface area (Å²) in [5, 5.41) is 4.95. The molecule has 0 aliphatic heterocycles. The van der Waals surface area contributed by atoms with Gasteiger partial charge < -0.3 is 9.47 Å². The van der Waals surface area contributed by atoms with Crippen molar-refractivity contribution in [3.8, 4) is 50.2 Å². The van der Waals surface area contributed by atoms with Crippen molar-refractivity contribution < 1.29 is 0 Å². The SMILES string of the molecule is c1ccc(-c2ccccc2N(c2cccc(-c3ccc4c5ccccc5n(-c5ccccc5)c4c3)c2)c2ccccc2-c2cccc3cccc(-c4ccccc4)c23)cc1. The largest absolute Gasteiger partial charge is 0.309 e. The van der Waals surface area contributed by atoms with Crippen LogP contribution in [-0.2, 0) is 0 Å². The quantitative estimate of drug-likeness (QED) is 0.150. The predicted octanol–water partition coefficient (Wildman–Crippen LogP) is 16.1. The van der Waals surface area contributed by atoms with Gasteiger partial charge in [0.05, 0.1) is 22.4 Å². The molecule has 0 saturated heterocycles. The molecular weight excluding hydrogens is 725 g/mol. The first-order chi connectivity index (χ1) is 29.8. The molecule has 0 aliphatic rings. The molecule has 0 aliphatic carbocycles. The Morgan fingerprint density at radius 2 is 0.817 bits per heavy atom. The summed E-state index contributed by atoms with van der Waals surface area (Å²) in [4.78, 5) is 2.46. The zero-order valence-electron chi connectivity index (χ0n) is 33.0. The Morgan fingerprint density at radius 1 is 0.300 bits per heavy atom. The van der Waals surface area contributed by atoms with Crippen LogP contribution in [0.15, 0.2) is 243 Å². The third-order valence-electron chi connectivity index (χ3n) is 11.8. The minimum atomic E-state index is 1.08. The maximum absolute atomic E-state index is 2.46. The van der Waals surface area contributed by atoms with Gasteiger partial charge in [-0.1, -0.05) is 194 Å². The summed E-state index contributed by atoms with van der Waals surface area (Å²) in [7, 11) is 0. The fraction of sp³-hybridized carbons (Fsp3) is 0. The second-order valence-electron chi connectivity index (χ2n) is 15.3. The van der Waals surface area contributed by atoms with Gasteiger partial charge in [0.2, 0.25) is 0 Å². The summed E-state index contributed by atoms with van der Waals surface area (Å²) in [5.74, 6) is 0. The molecule has 11 aromatic rings. The Balaban J connectivity index is 1.14. The Kier molecular flexibility index (Phi) is 8.87. The van der Waals surface area contributed by atoms with Crippen molar-refractivity contribution in [1.29, 1.82) is 0 Å². The number of fused-ring (bicyclic) bond motifs is 4. The average Bonchev–Trinajstić information content (AvgIpc) is 3.66. The van der Waals surface area contributed by atoms with Crippen LogP contribution < -0.4 is 4.90 Å². The average molecular weight is 765 g/mol. The summed E-state index contributed by atoms with van der Waals surface area (Å²) >= 11 is 0. The van der Waals surface area contributed by atoms with Crippen LogP contribution in [0, 0.1) is 0 Å². The normalized spacial score (nSPS) is 11.3. The lowest BCUT2D eigenvalue weighted by molar-refractivity contribution is 1.18. The Labute approximate surface area is 350 Å². The number of benzene rings is 10. The highest BCUT2D eigenvalue weighted by molar-refractivity contribution is 6.11. The Bertz CT molecular complexity index is 3300. The van der Waals surface area contributed by atoms with Gasteiger partial charge in [-0.2, -0.15) is 0 Å². The summed E-state index contributed by atoms with van der Waals surface area (Å²) in [6.07, 6.45) is 0. The maximum atomic E-state index is 2.46. The van der Waals surface area contributed by atoms with Gasteiger partial charge in [0, 0.05) is 33.3 Å². The van der Waals surface area contributed by atoms with Crippen molar-refractivity contribution in [2.75, 3.05) is 4.90 Å². The number of para-hydroxylation sites is 4. The first kappa shape index (κ1) is 35.2. The lowest BCUT2D eigenvalue weighted by Gasteiger charge is -2.30. The molecule has 282 valence electrons. The van der Waals surface area contributed by atoms with Crippen molar-refractivity contribution in [1.82, 2.24) is 4.57 Å². The number of hydrogen-bond donors (Lipinski definition) is 0. The van der Waals surface area contributed by atoms with Crippen molar-refractivity contribution >= 4 is 49.6 Å². The number of hydrogen-bond acceptors (Lipinski definition) is 1. The van der Waals surface area contributed by atoms with E-state index in [-0.39, 0.29) is 0 Å². The van der Waals surface area contributed by atoms with E-state index in [1.807, 2.05) is 0 Å². The van der Waals surface area contributed by atoms with Gasteiger partial charge >= 0.3 is 0 Å². The molecule has 0 unspecified atom stereocenters. The van der Waals surface area contributed by atoms with Crippen molar-refractivity contribution in [2.24, 2.45) is 0 Å². The van der Waals surface area contributed by atoms with Crippen LogP contribution in [0.1, 0.15) is 0 Å². The number of nitrogens with zero attached hydrogens (tertiary/aromatic N) is 2. The topological polar surface area (TPSA) is 8.17 Å². The second-order valence-corrected chi connectivity index (χ2v) is 15.3. The summed E-state index contributed by atoms with van der Waals surface area (Å²) < 4.78 is 2.39. The van der Waals surface area contributed by atoms with Crippen molar-refractivity contribution in [2.45, 2.75) is 0 Å². The van der Waals surface area contributed by atoms with E-state index in [2.05, 4.69) is 252 Å². The first-order valence-electron chi connectivity index (χ1n) is 20.6. The van der Waals surface area contributed by atoms with E-state index in [1.165, 1.54) is 54.8 Å². The minimum Gasteiger partial charge on any atom is -0.309 e. The van der Waals surface area contributed by atoms with Gasteiger partial charge in [0.25, 0.3) is 0 Å². The molecular formula is C58H40N2. The fourth-order valence-corrected chi connectivity index (χ4v) is 9.09. The molecule has 0 fully saturated rings. The highest BCUT2D eigenvalue weighted by Crippen LogP contribution is 2.47. The lowest BCUT2D eigenvalue weighted by atomic mass is 9.90. The fourth-order valence-electron chi connectivity index (χ4n) is 9.09. The van der Waals surface area contributed by atoms with Crippen LogP contribution in [0.5, 0.6) is 0 Å². The standard InChI is InChI=1S/C58H40N2/c1-4-19-41(20-5-1)48-29-10-13-34-54(48)60(56-36-15-12-31-51(56)53-33-18-24-43-23-17-32-49(58(43)53)42-21-6-2-7-22-42)47-28-16-25-44(39-47)45-37-38-52-50-30-11-14-35-55(50)59(57(52)40-45)46-26-8-3-9-27-46/h1-40H. The number of anilines is 3. The molecule has 2 heteroatoms. The lowest BCUT2D eigenvalue weighted by Crippen LogP contribution is -2.12. The van der Waals surface area contributed by atoms with Crippen LogP contribution in [0.25, 0.3) is 82.8 Å². The van der Waals surface area contributed by atoms with Crippen LogP contribution in [-0.4, -0.2) is 4.57 Å². The third-order valence-corrected chi connectivity index (χ3v) is 11.8. The monoisotopic (exact) mass is 764 g/mol. The van der Waals surface area contributed by atoms with Gasteiger partial charge in [-0.15, -0.1) is 0 Å². The van der Waals surface area contributed by atoms with Crippen molar-refractivity contribution in [3.05, 3.63) is 243 Å². The summed E-state index contributed by atoms with van der Waals surface area (Å²) in [5.41, 5.74) is 16.3. The number of aromatic nitrogens is 1. The third kappa shape index (κ3) is 6.14. The minimum absolute atomic E-state index is 1.08. The van der Waals surface area contributed by atoms with E-state index < -0.39 is 0 Å². The molecule has 1 heterocycles. The van der Waals surface area contributed by atoms with E-state index >= 15 is 0 Å². The van der Waals surface area contributed by atoms with Gasteiger partial charge in [-0.25, -0.2) is 0 Å². The molecule has 60 heavy (non-hydrogen) atoms. The zero-order chi connectivity index (χ0) is 39.8. The van der Waals surface area contributed by atoms with Gasteiger partial charge in [-0.05, 0) is 92.7 Å². The van der Waals surface area contributed by atoms with Crippen LogP contribution >= 0.6 is 0 Å². The molecule has 0 bridgehead atoms. The van der Waals surface area contributed by atoms with Crippen LogP contribution in [0.3, 0.4) is 0 Å². The van der Waals surface area contributed by atoms with Crippen LogP contribution in [0.4, 0.5) is 17.1 Å². The highest BCUT2D eigenvalue weighted by Gasteiger charge is 2.23. The Hall–Kier alpha value is -7.94. The van der Waals surface area contributed by atoms with Gasteiger partial charge in [0.15, 0.2) is 0 Å². The zero-order valence-corrected chi connectivity index (χ0v) is 33.0. The molecule has 10 aromatic carbocycles. The maximum Gasteiger partial charge on any atom is 0.0547 e. The van der Waals surface area contributed by atoms with Gasteiger partial charge in [0.1, 0.15) is 0 Å². The molecule has 2 nitrogen and oxygen atoms in total. The molecule has 11 rings (SSSR count). The molecule has 0 spiro atoms. The number of rotatable bonds is 8. The van der Waals surface area contributed by atoms with Gasteiger partial charge in [-0.3, -0.25) is 0 Å². The predicted molar refractivity (Wildman–Crippen MR) is 255 cm³/mol. The van der Waals surface area contributed by atoms with E-state index in [0.29, 0.717) is 0 Å². The molecule has 0 saturated carbocycles. The van der Waals surface area contributed by atoms with Crippen molar-refractivity contribution in [3.63, 3.8) is 0 Å². The van der Waals surface area contributed by atoms with E-state index in [9.17, 15) is 0 Å². The molecule has 0 amide bonds. The molecule has 1 aromatic heterocycles. The van der Waals surface area contributed by atoms with E-state index in [1.54, 1.807) is 0 Å². The summed E-state index contributed by atoms with van der Waals surface area (Å²) in [6.45, 7) is 0. The first-order valence-corrected chi connectivity index (χ1v) is 20.6. The second kappa shape index (κ2) is 15.1. The van der Waals surface area contributed by atoms with E-state index in [0.717, 1.165) is 45.0 Å². The highest BCUT2D eigenvalue weighted by atomic mass is 15.1. The molecule has 0 atom stereocenters. The smallest absolute Gasteiger partial charge is 0.0547 e.